The molecule has 0 spiro atoms. The first-order valence-electron chi connectivity index (χ1n) is 12.9. The molecular formula is C30H23F7N2O3. The zero-order valence-electron chi connectivity index (χ0n) is 21.9. The summed E-state index contributed by atoms with van der Waals surface area (Å²) in [6, 6.07) is 8.20. The van der Waals surface area contributed by atoms with Crippen LogP contribution in [0, 0.1) is 41.0 Å². The highest BCUT2D eigenvalue weighted by molar-refractivity contribution is 5.99. The number of nitrogens with one attached hydrogen (secondary N) is 2. The van der Waals surface area contributed by atoms with E-state index in [0.717, 1.165) is 18.7 Å². The minimum Gasteiger partial charge on any atom is -0.496 e. The van der Waals surface area contributed by atoms with Crippen LogP contribution in [0.3, 0.4) is 0 Å². The third kappa shape index (κ3) is 5.57. The number of anilines is 1. The Balaban J connectivity index is 1.50. The van der Waals surface area contributed by atoms with Crippen molar-refractivity contribution < 1.29 is 45.1 Å². The fourth-order valence-corrected chi connectivity index (χ4v) is 5.93. The van der Waals surface area contributed by atoms with Gasteiger partial charge < -0.3 is 15.4 Å². The number of carbonyl (C=O) groups is 2. The first kappa shape index (κ1) is 29.2. The third-order valence-electron chi connectivity index (χ3n) is 7.71. The quantitative estimate of drug-likeness (QED) is 0.312. The molecule has 2 saturated carbocycles. The molecule has 2 fully saturated rings. The SMILES string of the molecule is COc1cc(F)c(F)cc1C(=O)N[C@@H]1C2CCC(/C2=C/c2cccc(F)c2)[C@@H]1C(=O)Nc1ccc(F)c(C(F)(F)F)c1. The predicted molar refractivity (Wildman–Crippen MR) is 138 cm³/mol. The molecule has 2 N–H and O–H groups in total. The van der Waals surface area contributed by atoms with E-state index in [9.17, 15) is 40.3 Å². The van der Waals surface area contributed by atoms with E-state index in [1.807, 2.05) is 0 Å². The van der Waals surface area contributed by atoms with Crippen molar-refractivity contribution in [2.75, 3.05) is 12.4 Å². The van der Waals surface area contributed by atoms with Crippen molar-refractivity contribution in [3.8, 4) is 5.75 Å². The van der Waals surface area contributed by atoms with Crippen LogP contribution in [0.2, 0.25) is 0 Å². The number of ether oxygens (including phenoxy) is 1. The maximum absolute atomic E-state index is 14.0. The van der Waals surface area contributed by atoms with Gasteiger partial charge in [-0.1, -0.05) is 23.8 Å². The Kier molecular flexibility index (Phi) is 7.74. The summed E-state index contributed by atoms with van der Waals surface area (Å²) >= 11 is 0. The zero-order valence-corrected chi connectivity index (χ0v) is 21.9. The van der Waals surface area contributed by atoms with Crippen LogP contribution in [0.1, 0.15) is 34.3 Å². The second-order valence-electron chi connectivity index (χ2n) is 10.2. The Morgan fingerprint density at radius 2 is 1.62 bits per heavy atom. The van der Waals surface area contributed by atoms with Crippen LogP contribution >= 0.6 is 0 Å². The maximum atomic E-state index is 14.0. The van der Waals surface area contributed by atoms with Gasteiger partial charge in [-0.25, -0.2) is 17.6 Å². The Hall–Kier alpha value is -4.35. The molecule has 2 amide bonds. The van der Waals surface area contributed by atoms with Crippen LogP contribution in [-0.4, -0.2) is 25.0 Å². The molecular weight excluding hydrogens is 569 g/mol. The highest BCUT2D eigenvalue weighted by atomic mass is 19.4. The molecule has 220 valence electrons. The predicted octanol–water partition coefficient (Wildman–Crippen LogP) is 6.75. The van der Waals surface area contributed by atoms with Crippen LogP contribution in [0.5, 0.6) is 5.75 Å². The number of benzene rings is 3. The Morgan fingerprint density at radius 1 is 0.905 bits per heavy atom. The summed E-state index contributed by atoms with van der Waals surface area (Å²) in [4.78, 5) is 26.9. The fourth-order valence-electron chi connectivity index (χ4n) is 5.93. The molecule has 5 nitrogen and oxygen atoms in total. The van der Waals surface area contributed by atoms with Crippen molar-refractivity contribution >= 4 is 23.6 Å². The van der Waals surface area contributed by atoms with Crippen molar-refractivity contribution in [3.63, 3.8) is 0 Å². The van der Waals surface area contributed by atoms with E-state index in [0.29, 0.717) is 42.7 Å². The molecule has 42 heavy (non-hydrogen) atoms. The molecule has 0 aliphatic heterocycles. The summed E-state index contributed by atoms with van der Waals surface area (Å²) in [5.41, 5.74) is -0.973. The van der Waals surface area contributed by atoms with Gasteiger partial charge in [0.15, 0.2) is 11.6 Å². The number of methoxy groups -OCH3 is 1. The van der Waals surface area contributed by atoms with Crippen molar-refractivity contribution in [1.82, 2.24) is 5.32 Å². The van der Waals surface area contributed by atoms with Crippen LogP contribution in [0.25, 0.3) is 6.08 Å². The minimum atomic E-state index is -5.00. The molecule has 5 rings (SSSR count). The maximum Gasteiger partial charge on any atom is 0.419 e. The van der Waals surface area contributed by atoms with E-state index in [1.165, 1.54) is 18.2 Å². The number of fused-ring (bicyclic) bond motifs is 2. The van der Waals surface area contributed by atoms with Crippen molar-refractivity contribution in [3.05, 3.63) is 100 Å². The second kappa shape index (κ2) is 11.1. The molecule has 3 aromatic rings. The molecule has 0 saturated heterocycles. The number of rotatable bonds is 6. The molecule has 4 atom stereocenters. The van der Waals surface area contributed by atoms with Crippen LogP contribution in [0.4, 0.5) is 36.4 Å². The summed E-state index contributed by atoms with van der Waals surface area (Å²) in [5, 5.41) is 5.12. The van der Waals surface area contributed by atoms with E-state index in [2.05, 4.69) is 10.6 Å². The van der Waals surface area contributed by atoms with Crippen LogP contribution < -0.4 is 15.4 Å². The van der Waals surface area contributed by atoms with E-state index < -0.39 is 70.6 Å². The summed E-state index contributed by atoms with van der Waals surface area (Å²) in [6.07, 6.45) is -2.29. The van der Waals surface area contributed by atoms with Gasteiger partial charge in [0.25, 0.3) is 5.91 Å². The van der Waals surface area contributed by atoms with Gasteiger partial charge in [0.2, 0.25) is 5.91 Å². The lowest BCUT2D eigenvalue weighted by Crippen LogP contribution is -2.48. The second-order valence-corrected chi connectivity index (χ2v) is 10.2. The molecule has 2 aliphatic carbocycles. The van der Waals surface area contributed by atoms with Crippen molar-refractivity contribution in [2.24, 2.45) is 17.8 Å². The van der Waals surface area contributed by atoms with E-state index in [-0.39, 0.29) is 17.0 Å². The molecule has 3 aromatic carbocycles. The summed E-state index contributed by atoms with van der Waals surface area (Å²) in [5.74, 6) is -8.33. The van der Waals surface area contributed by atoms with Crippen molar-refractivity contribution in [2.45, 2.75) is 25.1 Å². The molecule has 0 heterocycles. The van der Waals surface area contributed by atoms with Crippen LogP contribution in [0.15, 0.2) is 60.2 Å². The first-order chi connectivity index (χ1) is 19.9. The standard InChI is InChI=1S/C30H23F7N2O3/c1-42-25-13-24(34)23(33)12-20(25)28(40)39-27-18-7-6-17(19(18)10-14-3-2-4-15(31)9-14)26(27)29(41)38-16-5-8-22(32)21(11-16)30(35,36)37/h2-5,8-13,17-18,26-27H,6-7H2,1H3,(H,38,41)(H,39,40)/b19-10-/t17?,18?,26-,27+/m0/s1. The van der Waals surface area contributed by atoms with Crippen LogP contribution in [-0.2, 0) is 11.0 Å². The number of amides is 2. The van der Waals surface area contributed by atoms with E-state index in [4.69, 9.17) is 4.74 Å². The number of carbonyl (C=O) groups excluding carboxylic acids is 2. The largest absolute Gasteiger partial charge is 0.496 e. The number of hydrogen-bond acceptors (Lipinski definition) is 3. The number of alkyl halides is 3. The third-order valence-corrected chi connectivity index (χ3v) is 7.71. The fraction of sp³-hybridized carbons (Fsp3) is 0.267. The summed E-state index contributed by atoms with van der Waals surface area (Å²) in [6.45, 7) is 0. The lowest BCUT2D eigenvalue weighted by molar-refractivity contribution is -0.140. The molecule has 2 aliphatic rings. The molecule has 2 bridgehead atoms. The highest BCUT2D eigenvalue weighted by Gasteiger charge is 2.54. The van der Waals surface area contributed by atoms with Gasteiger partial charge in [-0.15, -0.1) is 0 Å². The summed E-state index contributed by atoms with van der Waals surface area (Å²) in [7, 11) is 1.16. The van der Waals surface area contributed by atoms with Gasteiger partial charge in [0.1, 0.15) is 17.4 Å². The van der Waals surface area contributed by atoms with Gasteiger partial charge in [0.05, 0.1) is 24.2 Å². The number of halogens is 7. The van der Waals surface area contributed by atoms with Gasteiger partial charge in [-0.05, 0) is 60.7 Å². The smallest absolute Gasteiger partial charge is 0.419 e. The van der Waals surface area contributed by atoms with Gasteiger partial charge in [-0.2, -0.15) is 13.2 Å². The zero-order chi connectivity index (χ0) is 30.3. The van der Waals surface area contributed by atoms with Gasteiger partial charge >= 0.3 is 6.18 Å². The Labute approximate surface area is 235 Å². The Morgan fingerprint density at radius 3 is 2.31 bits per heavy atom. The number of hydrogen-bond donors (Lipinski definition) is 2. The lowest BCUT2D eigenvalue weighted by Gasteiger charge is -2.30. The van der Waals surface area contributed by atoms with Gasteiger partial charge in [0, 0.05) is 23.7 Å². The average molecular weight is 593 g/mol. The molecule has 0 radical (unpaired) electrons. The first-order valence-corrected chi connectivity index (χ1v) is 12.9. The Bertz CT molecular complexity index is 1590. The highest BCUT2D eigenvalue weighted by Crippen LogP contribution is 2.53. The topological polar surface area (TPSA) is 67.4 Å². The average Bonchev–Trinajstić information content (AvgIpc) is 3.44. The van der Waals surface area contributed by atoms with Crippen molar-refractivity contribution in [1.29, 1.82) is 0 Å². The molecule has 12 heteroatoms. The van der Waals surface area contributed by atoms with Gasteiger partial charge in [-0.3, -0.25) is 9.59 Å². The monoisotopic (exact) mass is 592 g/mol. The van der Waals surface area contributed by atoms with E-state index in [1.54, 1.807) is 12.1 Å². The lowest BCUT2D eigenvalue weighted by atomic mass is 9.83. The normalized spacial score (nSPS) is 22.3. The molecule has 0 aromatic heterocycles. The molecule has 2 unspecified atom stereocenters. The summed E-state index contributed by atoms with van der Waals surface area (Å²) < 4.78 is 100. The minimum absolute atomic E-state index is 0.253. The van der Waals surface area contributed by atoms with E-state index >= 15 is 0 Å².